The normalized spacial score (nSPS) is 15.0. The van der Waals surface area contributed by atoms with E-state index in [9.17, 15) is 13.9 Å². The molecule has 0 aliphatic carbocycles. The molecule has 17 heavy (non-hydrogen) atoms. The third kappa shape index (κ3) is 3.48. The van der Waals surface area contributed by atoms with Gasteiger partial charge >= 0.3 is 0 Å². The summed E-state index contributed by atoms with van der Waals surface area (Å²) in [6.07, 6.45) is -1.45. The van der Waals surface area contributed by atoms with Gasteiger partial charge in [-0.3, -0.25) is 0 Å². The Bertz CT molecular complexity index is 346. The molecule has 0 aliphatic heterocycles. The lowest BCUT2D eigenvalue weighted by Crippen LogP contribution is -2.34. The number of ether oxygens (including phenoxy) is 1. The molecule has 0 bridgehead atoms. The fourth-order valence-electron chi connectivity index (χ4n) is 1.93. The quantitative estimate of drug-likeness (QED) is 0.862. The van der Waals surface area contributed by atoms with Gasteiger partial charge in [0.1, 0.15) is 11.6 Å². The van der Waals surface area contributed by atoms with E-state index in [0.717, 1.165) is 0 Å². The van der Waals surface area contributed by atoms with E-state index in [1.165, 1.54) is 25.3 Å². The largest absolute Gasteiger partial charge is 0.390 e. The standard InChI is InChI=1S/C13H18F2O2/c1-8(2)13(17-3)12(16)7-9-10(14)5-4-6-11(9)15/h4-6,8,12-13,16H,7H2,1-3H3. The number of rotatable bonds is 5. The molecule has 0 saturated heterocycles. The number of aliphatic hydroxyl groups excluding tert-OH is 1. The monoisotopic (exact) mass is 244 g/mol. The van der Waals surface area contributed by atoms with E-state index in [1.807, 2.05) is 13.8 Å². The highest BCUT2D eigenvalue weighted by Crippen LogP contribution is 2.19. The van der Waals surface area contributed by atoms with Crippen molar-refractivity contribution in [2.45, 2.75) is 32.5 Å². The SMILES string of the molecule is COC(C(C)C)C(O)Cc1c(F)cccc1F. The van der Waals surface area contributed by atoms with Gasteiger partial charge in [0.05, 0.1) is 12.2 Å². The summed E-state index contributed by atoms with van der Waals surface area (Å²) in [6.45, 7) is 3.77. The van der Waals surface area contributed by atoms with Crippen LogP contribution in [-0.4, -0.2) is 24.4 Å². The van der Waals surface area contributed by atoms with Crippen LogP contribution in [0.4, 0.5) is 8.78 Å². The second kappa shape index (κ2) is 6.07. The highest BCUT2D eigenvalue weighted by Gasteiger charge is 2.24. The van der Waals surface area contributed by atoms with E-state index < -0.39 is 23.8 Å². The molecule has 1 N–H and O–H groups in total. The Kier molecular flexibility index (Phi) is 5.02. The Morgan fingerprint density at radius 2 is 1.76 bits per heavy atom. The van der Waals surface area contributed by atoms with Gasteiger partial charge in [-0.2, -0.15) is 0 Å². The summed E-state index contributed by atoms with van der Waals surface area (Å²) in [5.41, 5.74) is -0.0947. The smallest absolute Gasteiger partial charge is 0.129 e. The molecule has 1 rings (SSSR count). The Labute approximate surface area is 100 Å². The molecule has 0 amide bonds. The topological polar surface area (TPSA) is 29.5 Å². The molecule has 1 aromatic carbocycles. The Morgan fingerprint density at radius 1 is 1.24 bits per heavy atom. The average molecular weight is 244 g/mol. The zero-order valence-electron chi connectivity index (χ0n) is 10.3. The number of halogens is 2. The van der Waals surface area contributed by atoms with Crippen molar-refractivity contribution in [1.82, 2.24) is 0 Å². The summed E-state index contributed by atoms with van der Waals surface area (Å²) in [7, 11) is 1.48. The Balaban J connectivity index is 2.83. The Morgan fingerprint density at radius 3 is 2.18 bits per heavy atom. The molecule has 0 spiro atoms. The fourth-order valence-corrected chi connectivity index (χ4v) is 1.93. The van der Waals surface area contributed by atoms with Crippen molar-refractivity contribution in [2.24, 2.45) is 5.92 Å². The first kappa shape index (κ1) is 14.1. The lowest BCUT2D eigenvalue weighted by molar-refractivity contribution is -0.0373. The van der Waals surface area contributed by atoms with Crippen molar-refractivity contribution in [1.29, 1.82) is 0 Å². The fraction of sp³-hybridized carbons (Fsp3) is 0.538. The van der Waals surface area contributed by atoms with Gasteiger partial charge in [-0.15, -0.1) is 0 Å². The molecule has 2 nitrogen and oxygen atoms in total. The third-order valence-electron chi connectivity index (χ3n) is 2.78. The molecule has 0 saturated carbocycles. The summed E-state index contributed by atoms with van der Waals surface area (Å²) in [5, 5.41) is 9.92. The van der Waals surface area contributed by atoms with E-state index in [4.69, 9.17) is 4.74 Å². The summed E-state index contributed by atoms with van der Waals surface area (Å²) < 4.78 is 31.9. The highest BCUT2D eigenvalue weighted by molar-refractivity contribution is 5.20. The van der Waals surface area contributed by atoms with E-state index in [1.54, 1.807) is 0 Å². The lowest BCUT2D eigenvalue weighted by atomic mass is 9.96. The maximum absolute atomic E-state index is 13.4. The summed E-state index contributed by atoms with van der Waals surface area (Å²) in [6, 6.07) is 3.67. The molecular weight excluding hydrogens is 226 g/mol. The lowest BCUT2D eigenvalue weighted by Gasteiger charge is -2.25. The zero-order valence-corrected chi connectivity index (χ0v) is 10.3. The number of methoxy groups -OCH3 is 1. The number of benzene rings is 1. The van der Waals surface area contributed by atoms with Gasteiger partial charge in [0.25, 0.3) is 0 Å². The van der Waals surface area contributed by atoms with Crippen LogP contribution in [0.1, 0.15) is 19.4 Å². The minimum absolute atomic E-state index is 0.0739. The second-order valence-corrected chi connectivity index (χ2v) is 4.42. The van der Waals surface area contributed by atoms with E-state index >= 15 is 0 Å². The molecule has 0 heterocycles. The van der Waals surface area contributed by atoms with Gasteiger partial charge < -0.3 is 9.84 Å². The predicted molar refractivity (Wildman–Crippen MR) is 61.7 cm³/mol. The number of hydrogen-bond acceptors (Lipinski definition) is 2. The molecule has 0 aromatic heterocycles. The molecule has 2 unspecified atom stereocenters. The van der Waals surface area contributed by atoms with Gasteiger partial charge in [0, 0.05) is 19.1 Å². The van der Waals surface area contributed by atoms with Crippen molar-refractivity contribution in [3.63, 3.8) is 0 Å². The van der Waals surface area contributed by atoms with Crippen LogP contribution < -0.4 is 0 Å². The van der Waals surface area contributed by atoms with Crippen molar-refractivity contribution < 1.29 is 18.6 Å². The first-order chi connectivity index (χ1) is 7.97. The van der Waals surface area contributed by atoms with Crippen molar-refractivity contribution in [3.8, 4) is 0 Å². The molecule has 0 aliphatic rings. The summed E-state index contributed by atoms with van der Waals surface area (Å²) >= 11 is 0. The number of hydrogen-bond donors (Lipinski definition) is 1. The van der Waals surface area contributed by atoms with Crippen molar-refractivity contribution in [3.05, 3.63) is 35.4 Å². The van der Waals surface area contributed by atoms with E-state index in [-0.39, 0.29) is 17.9 Å². The average Bonchev–Trinajstić information content (AvgIpc) is 2.24. The molecule has 96 valence electrons. The predicted octanol–water partition coefficient (Wildman–Crippen LogP) is 2.54. The van der Waals surface area contributed by atoms with Crippen LogP contribution in [0.2, 0.25) is 0 Å². The molecule has 2 atom stereocenters. The molecular formula is C13H18F2O2. The van der Waals surface area contributed by atoms with Crippen LogP contribution in [0.5, 0.6) is 0 Å². The van der Waals surface area contributed by atoms with Crippen LogP contribution in [-0.2, 0) is 11.2 Å². The first-order valence-electron chi connectivity index (χ1n) is 5.61. The van der Waals surface area contributed by atoms with Crippen molar-refractivity contribution >= 4 is 0 Å². The van der Waals surface area contributed by atoms with Gasteiger partial charge in [-0.1, -0.05) is 19.9 Å². The van der Waals surface area contributed by atoms with E-state index in [2.05, 4.69) is 0 Å². The van der Waals surface area contributed by atoms with Crippen molar-refractivity contribution in [2.75, 3.05) is 7.11 Å². The van der Waals surface area contributed by atoms with Gasteiger partial charge in [0.2, 0.25) is 0 Å². The highest BCUT2D eigenvalue weighted by atomic mass is 19.1. The van der Waals surface area contributed by atoms with Crippen LogP contribution in [0.15, 0.2) is 18.2 Å². The second-order valence-electron chi connectivity index (χ2n) is 4.42. The molecule has 1 aromatic rings. The molecule has 0 radical (unpaired) electrons. The van der Waals surface area contributed by atoms with Gasteiger partial charge in [0.15, 0.2) is 0 Å². The van der Waals surface area contributed by atoms with Crippen LogP contribution in [0.3, 0.4) is 0 Å². The first-order valence-corrected chi connectivity index (χ1v) is 5.61. The summed E-state index contributed by atoms with van der Waals surface area (Å²) in [4.78, 5) is 0. The Hall–Kier alpha value is -1.00. The zero-order chi connectivity index (χ0) is 13.0. The van der Waals surface area contributed by atoms with Gasteiger partial charge in [-0.25, -0.2) is 8.78 Å². The van der Waals surface area contributed by atoms with Gasteiger partial charge in [-0.05, 0) is 18.1 Å². The maximum Gasteiger partial charge on any atom is 0.129 e. The summed E-state index contributed by atoms with van der Waals surface area (Å²) in [5.74, 6) is -1.20. The van der Waals surface area contributed by atoms with Crippen LogP contribution in [0, 0.1) is 17.6 Å². The number of aliphatic hydroxyl groups is 1. The van der Waals surface area contributed by atoms with Crippen LogP contribution in [0.25, 0.3) is 0 Å². The van der Waals surface area contributed by atoms with Crippen LogP contribution >= 0.6 is 0 Å². The minimum Gasteiger partial charge on any atom is -0.390 e. The molecule has 4 heteroatoms. The minimum atomic E-state index is -0.925. The third-order valence-corrected chi connectivity index (χ3v) is 2.78. The molecule has 0 fully saturated rings. The van der Waals surface area contributed by atoms with E-state index in [0.29, 0.717) is 0 Å². The maximum atomic E-state index is 13.4.